The Morgan fingerprint density at radius 1 is 0.939 bits per heavy atom. The van der Waals surface area contributed by atoms with Gasteiger partial charge >= 0.3 is 5.97 Å². The lowest BCUT2D eigenvalue weighted by Gasteiger charge is -2.19. The van der Waals surface area contributed by atoms with Crippen molar-refractivity contribution in [1.29, 1.82) is 0 Å². The molecule has 0 amide bonds. The number of aryl methyl sites for hydroxylation is 2. The van der Waals surface area contributed by atoms with Crippen LogP contribution in [0.2, 0.25) is 5.02 Å². The minimum Gasteiger partial charge on any atom is -0.423 e. The van der Waals surface area contributed by atoms with Crippen molar-refractivity contribution in [3.63, 3.8) is 0 Å². The second-order valence-corrected chi connectivity index (χ2v) is 10.0. The molecule has 3 aromatic carbocycles. The van der Waals surface area contributed by atoms with Crippen LogP contribution >= 0.6 is 11.6 Å². The van der Waals surface area contributed by atoms with Crippen molar-refractivity contribution in [3.05, 3.63) is 93.5 Å². The van der Waals surface area contributed by atoms with Crippen molar-refractivity contribution in [2.24, 2.45) is 0 Å². The number of esters is 1. The number of rotatable bonds is 3. The van der Waals surface area contributed by atoms with Gasteiger partial charge in [-0.2, -0.15) is 0 Å². The van der Waals surface area contributed by atoms with Crippen LogP contribution in [-0.2, 0) is 5.41 Å². The Kier molecular flexibility index (Phi) is 6.02. The second kappa shape index (κ2) is 8.64. The van der Waals surface area contributed by atoms with Gasteiger partial charge in [0.15, 0.2) is 0 Å². The monoisotopic (exact) mass is 457 g/mol. The second-order valence-electron chi connectivity index (χ2n) is 9.61. The first-order chi connectivity index (χ1) is 15.5. The molecule has 168 valence electrons. The van der Waals surface area contributed by atoms with Crippen LogP contribution in [0.1, 0.15) is 53.4 Å². The van der Waals surface area contributed by atoms with E-state index in [2.05, 4.69) is 26.8 Å². The summed E-state index contributed by atoms with van der Waals surface area (Å²) in [7, 11) is 0. The molecule has 3 nitrogen and oxygen atoms in total. The predicted molar refractivity (Wildman–Crippen MR) is 137 cm³/mol. The molecule has 33 heavy (non-hydrogen) atoms. The number of hydrogen-bond donors (Lipinski definition) is 0. The highest BCUT2D eigenvalue weighted by molar-refractivity contribution is 6.30. The minimum absolute atomic E-state index is 0.0291. The van der Waals surface area contributed by atoms with Gasteiger partial charge in [-0.3, -0.25) is 0 Å². The number of benzene rings is 3. The molecule has 0 saturated heterocycles. The van der Waals surface area contributed by atoms with Crippen molar-refractivity contribution in [2.45, 2.75) is 47.0 Å². The van der Waals surface area contributed by atoms with Gasteiger partial charge in [-0.1, -0.05) is 68.3 Å². The smallest absolute Gasteiger partial charge is 0.344 e. The normalized spacial score (nSPS) is 11.6. The molecule has 0 bridgehead atoms. The van der Waals surface area contributed by atoms with Crippen LogP contribution in [0.25, 0.3) is 22.2 Å². The maximum atomic E-state index is 13.5. The van der Waals surface area contributed by atoms with Crippen LogP contribution in [0.3, 0.4) is 0 Å². The number of ether oxygens (including phenoxy) is 1. The van der Waals surface area contributed by atoms with E-state index >= 15 is 0 Å². The highest BCUT2D eigenvalue weighted by atomic mass is 35.5. The SMILES string of the molecule is Cc1cc(C)c2nc(-c3cccc(Cl)c3)c(C)c(C(=O)Oc3ccc(C(C)(C)C)cc3)c2c1. The molecule has 0 atom stereocenters. The third-order valence-electron chi connectivity index (χ3n) is 5.90. The zero-order valence-corrected chi connectivity index (χ0v) is 20.7. The van der Waals surface area contributed by atoms with E-state index in [1.54, 1.807) is 0 Å². The van der Waals surface area contributed by atoms with Crippen LogP contribution < -0.4 is 4.74 Å². The van der Waals surface area contributed by atoms with E-state index in [0.717, 1.165) is 38.9 Å². The summed E-state index contributed by atoms with van der Waals surface area (Å²) in [5, 5.41) is 1.42. The lowest BCUT2D eigenvalue weighted by molar-refractivity contribution is 0.0736. The standard InChI is InChI=1S/C29H28ClNO2/c1-17-14-18(2)26-24(15-17)25(19(3)27(31-26)20-8-7-9-22(30)16-20)28(32)33-23-12-10-21(11-13-23)29(4,5)6/h7-16H,1-6H3. The summed E-state index contributed by atoms with van der Waals surface area (Å²) in [5.41, 5.74) is 6.97. The molecule has 4 heteroatoms. The Morgan fingerprint density at radius 3 is 2.27 bits per heavy atom. The van der Waals surface area contributed by atoms with E-state index in [-0.39, 0.29) is 5.41 Å². The third-order valence-corrected chi connectivity index (χ3v) is 6.14. The number of pyridine rings is 1. The van der Waals surface area contributed by atoms with Crippen molar-refractivity contribution >= 4 is 28.5 Å². The Labute approximate surface area is 200 Å². The summed E-state index contributed by atoms with van der Waals surface area (Å²) in [6, 6.07) is 19.3. The van der Waals surface area contributed by atoms with Gasteiger partial charge in [-0.15, -0.1) is 0 Å². The first kappa shape index (κ1) is 23.0. The highest BCUT2D eigenvalue weighted by Gasteiger charge is 2.22. The Morgan fingerprint density at radius 2 is 1.64 bits per heavy atom. The molecule has 4 rings (SSSR count). The van der Waals surface area contributed by atoms with Gasteiger partial charge < -0.3 is 4.74 Å². The van der Waals surface area contributed by atoms with Crippen LogP contribution in [-0.4, -0.2) is 11.0 Å². The molecule has 1 aromatic heterocycles. The molecule has 0 unspecified atom stereocenters. The fourth-order valence-corrected chi connectivity index (χ4v) is 4.37. The zero-order chi connectivity index (χ0) is 23.9. The summed E-state index contributed by atoms with van der Waals surface area (Å²) in [5.74, 6) is 0.128. The summed E-state index contributed by atoms with van der Waals surface area (Å²) >= 11 is 6.25. The first-order valence-electron chi connectivity index (χ1n) is 11.0. The van der Waals surface area contributed by atoms with Gasteiger partial charge in [-0.05, 0) is 73.2 Å². The number of carbonyl (C=O) groups is 1. The van der Waals surface area contributed by atoms with Crippen molar-refractivity contribution in [2.75, 3.05) is 0 Å². The number of hydrogen-bond acceptors (Lipinski definition) is 3. The number of fused-ring (bicyclic) bond motifs is 1. The lowest BCUT2D eigenvalue weighted by Crippen LogP contribution is -2.14. The van der Waals surface area contributed by atoms with Crippen LogP contribution in [0.5, 0.6) is 5.75 Å². The van der Waals surface area contributed by atoms with Crippen LogP contribution in [0.4, 0.5) is 0 Å². The summed E-state index contributed by atoms with van der Waals surface area (Å²) in [4.78, 5) is 18.5. The number of halogens is 1. The van der Waals surface area contributed by atoms with E-state index in [1.165, 1.54) is 5.56 Å². The Bertz CT molecular complexity index is 1370. The molecule has 0 aliphatic heterocycles. The van der Waals surface area contributed by atoms with Gasteiger partial charge in [-0.25, -0.2) is 9.78 Å². The van der Waals surface area contributed by atoms with Crippen molar-refractivity contribution in [3.8, 4) is 17.0 Å². The molecule has 0 spiro atoms. The number of nitrogens with zero attached hydrogens (tertiary/aromatic N) is 1. The Balaban J connectivity index is 1.86. The zero-order valence-electron chi connectivity index (χ0n) is 19.9. The first-order valence-corrected chi connectivity index (χ1v) is 11.4. The number of aromatic nitrogens is 1. The fourth-order valence-electron chi connectivity index (χ4n) is 4.18. The summed E-state index contributed by atoms with van der Waals surface area (Å²) in [6.07, 6.45) is 0. The lowest BCUT2D eigenvalue weighted by atomic mass is 9.87. The van der Waals surface area contributed by atoms with E-state index in [1.807, 2.05) is 75.4 Å². The van der Waals surface area contributed by atoms with Crippen molar-refractivity contribution < 1.29 is 9.53 Å². The van der Waals surface area contributed by atoms with Crippen LogP contribution in [0.15, 0.2) is 60.7 Å². The molecule has 0 radical (unpaired) electrons. The van der Waals surface area contributed by atoms with Gasteiger partial charge in [0.2, 0.25) is 0 Å². The maximum absolute atomic E-state index is 13.5. The topological polar surface area (TPSA) is 39.2 Å². The highest BCUT2D eigenvalue weighted by Crippen LogP contribution is 2.34. The molecule has 0 aliphatic carbocycles. The quantitative estimate of drug-likeness (QED) is 0.231. The molecule has 0 fully saturated rings. The largest absolute Gasteiger partial charge is 0.423 e. The van der Waals surface area contributed by atoms with E-state index < -0.39 is 5.97 Å². The molecule has 0 saturated carbocycles. The van der Waals surface area contributed by atoms with Gasteiger partial charge in [0, 0.05) is 16.0 Å². The molecule has 0 aliphatic rings. The van der Waals surface area contributed by atoms with Crippen molar-refractivity contribution in [1.82, 2.24) is 4.98 Å². The Hall–Kier alpha value is -3.17. The summed E-state index contributed by atoms with van der Waals surface area (Å²) < 4.78 is 5.86. The molecule has 0 N–H and O–H groups in total. The third kappa shape index (κ3) is 4.65. The molecular formula is C29H28ClNO2. The molecule has 1 heterocycles. The van der Waals surface area contributed by atoms with Crippen LogP contribution in [0, 0.1) is 20.8 Å². The van der Waals surface area contributed by atoms with Gasteiger partial charge in [0.25, 0.3) is 0 Å². The van der Waals surface area contributed by atoms with E-state index in [4.69, 9.17) is 21.3 Å². The molecule has 4 aromatic rings. The fraction of sp³-hybridized carbons (Fsp3) is 0.241. The van der Waals surface area contributed by atoms with Gasteiger partial charge in [0.1, 0.15) is 5.75 Å². The maximum Gasteiger partial charge on any atom is 0.344 e. The summed E-state index contributed by atoms with van der Waals surface area (Å²) in [6.45, 7) is 12.4. The average molecular weight is 458 g/mol. The molecular weight excluding hydrogens is 430 g/mol. The number of carbonyl (C=O) groups excluding carboxylic acids is 1. The minimum atomic E-state index is -0.392. The predicted octanol–water partition coefficient (Wildman–Crippen LogP) is 8.00. The van der Waals surface area contributed by atoms with E-state index in [9.17, 15) is 4.79 Å². The average Bonchev–Trinajstić information content (AvgIpc) is 2.73. The van der Waals surface area contributed by atoms with E-state index in [0.29, 0.717) is 16.3 Å². The van der Waals surface area contributed by atoms with Gasteiger partial charge in [0.05, 0.1) is 16.8 Å².